The molecular formula is C33H48N4O2. The summed E-state index contributed by atoms with van der Waals surface area (Å²) in [6.45, 7) is 9.46. The van der Waals surface area contributed by atoms with Crippen LogP contribution < -0.4 is 5.32 Å². The molecule has 1 aromatic heterocycles. The van der Waals surface area contributed by atoms with Crippen molar-refractivity contribution in [3.05, 3.63) is 57.8 Å². The summed E-state index contributed by atoms with van der Waals surface area (Å²) in [5.41, 5.74) is 7.54. The molecule has 4 aliphatic rings. The number of carboxylic acid groups (broad SMARTS) is 1. The molecule has 0 radical (unpaired) electrons. The first-order chi connectivity index (χ1) is 18.9. The fourth-order valence-corrected chi connectivity index (χ4v) is 6.36. The molecule has 2 atom stereocenters. The molecular weight excluding hydrogens is 484 g/mol. The molecule has 0 spiro atoms. The Balaban J connectivity index is 1.10. The van der Waals surface area contributed by atoms with Crippen LogP contribution in [-0.2, 0) is 4.79 Å². The summed E-state index contributed by atoms with van der Waals surface area (Å²) in [7, 11) is 0. The molecule has 1 saturated heterocycles. The predicted octanol–water partition coefficient (Wildman–Crippen LogP) is 7.18. The van der Waals surface area contributed by atoms with Gasteiger partial charge in [0.2, 0.25) is 0 Å². The van der Waals surface area contributed by atoms with E-state index in [4.69, 9.17) is 4.98 Å². The normalized spacial score (nSPS) is 22.8. The third-order valence-electron chi connectivity index (χ3n) is 9.17. The van der Waals surface area contributed by atoms with Gasteiger partial charge in [0.05, 0.1) is 5.69 Å². The van der Waals surface area contributed by atoms with E-state index in [9.17, 15) is 9.90 Å². The lowest BCUT2D eigenvalue weighted by atomic mass is 9.96. The van der Waals surface area contributed by atoms with E-state index in [1.165, 1.54) is 73.8 Å². The number of nitrogens with one attached hydrogen (secondary N) is 1. The molecule has 1 aromatic rings. The van der Waals surface area contributed by atoms with Gasteiger partial charge in [-0.15, -0.1) is 0 Å². The maximum Gasteiger partial charge on any atom is 0.325 e. The Morgan fingerprint density at radius 2 is 1.95 bits per heavy atom. The molecule has 0 bridgehead atoms. The van der Waals surface area contributed by atoms with E-state index in [0.29, 0.717) is 17.8 Å². The van der Waals surface area contributed by atoms with Crippen LogP contribution in [0.5, 0.6) is 0 Å². The van der Waals surface area contributed by atoms with Gasteiger partial charge in [-0.25, -0.2) is 9.97 Å². The lowest BCUT2D eigenvalue weighted by molar-refractivity contribution is -0.143. The second kappa shape index (κ2) is 12.8. The van der Waals surface area contributed by atoms with Crippen molar-refractivity contribution in [1.82, 2.24) is 20.2 Å². The summed E-state index contributed by atoms with van der Waals surface area (Å²) in [5.74, 6) is 1.70. The lowest BCUT2D eigenvalue weighted by Crippen LogP contribution is -2.33. The van der Waals surface area contributed by atoms with Gasteiger partial charge in [0.1, 0.15) is 11.9 Å². The van der Waals surface area contributed by atoms with Gasteiger partial charge in [0.15, 0.2) is 0 Å². The summed E-state index contributed by atoms with van der Waals surface area (Å²) in [6.07, 6.45) is 20.6. The first-order valence-electron chi connectivity index (χ1n) is 15.5. The number of rotatable bonds is 13. The van der Waals surface area contributed by atoms with Gasteiger partial charge < -0.3 is 10.4 Å². The Morgan fingerprint density at radius 3 is 2.64 bits per heavy atom. The Hall–Kier alpha value is -2.47. The number of aliphatic carboxylic acids is 1. The van der Waals surface area contributed by atoms with Crippen LogP contribution in [0.15, 0.2) is 40.8 Å². The molecule has 3 fully saturated rings. The fraction of sp³-hybridized carbons (Fsp3) is 0.667. The highest BCUT2D eigenvalue weighted by Gasteiger charge is 2.39. The highest BCUT2D eigenvalue weighted by molar-refractivity contribution is 5.76. The van der Waals surface area contributed by atoms with Crippen LogP contribution in [-0.4, -0.2) is 45.6 Å². The van der Waals surface area contributed by atoms with Crippen molar-refractivity contribution in [1.29, 1.82) is 0 Å². The number of carbonyl (C=O) groups is 1. The predicted molar refractivity (Wildman–Crippen MR) is 157 cm³/mol. The van der Waals surface area contributed by atoms with Gasteiger partial charge in [-0.05, 0) is 109 Å². The number of nitrogens with zero attached hydrogens (tertiary/aromatic N) is 3. The van der Waals surface area contributed by atoms with E-state index >= 15 is 0 Å². The maximum absolute atomic E-state index is 12.5. The van der Waals surface area contributed by atoms with E-state index in [2.05, 4.69) is 48.1 Å². The number of hydrogen-bond donors (Lipinski definition) is 2. The standard InChI is InChI=1S/C33H48N4O2/c1-22(2)25(11-12-26-10-7-18-34-23(26)3)9-6-4-5-8-24-17-19-37(21-24)31(33(38)39)29-20-35-32(28-15-16-28)36-30(29)27-13-14-27/h11-12,20,24,27-28,31,34H,4-10,13-19,21H2,1-3H3,(H,38,39)/b12-11-. The van der Waals surface area contributed by atoms with E-state index in [1.807, 2.05) is 6.20 Å². The van der Waals surface area contributed by atoms with Crippen molar-refractivity contribution < 1.29 is 9.90 Å². The molecule has 2 N–H and O–H groups in total. The minimum atomic E-state index is -0.752. The van der Waals surface area contributed by atoms with E-state index in [0.717, 1.165) is 62.4 Å². The summed E-state index contributed by atoms with van der Waals surface area (Å²) in [6, 6.07) is -0.607. The smallest absolute Gasteiger partial charge is 0.325 e. The summed E-state index contributed by atoms with van der Waals surface area (Å²) < 4.78 is 0. The summed E-state index contributed by atoms with van der Waals surface area (Å²) in [4.78, 5) is 24.2. The van der Waals surface area contributed by atoms with Gasteiger partial charge in [-0.1, -0.05) is 30.6 Å². The molecule has 0 amide bonds. The van der Waals surface area contributed by atoms with Crippen molar-refractivity contribution in [3.8, 4) is 0 Å². The topological polar surface area (TPSA) is 78.4 Å². The molecule has 5 rings (SSSR count). The maximum atomic E-state index is 12.5. The third kappa shape index (κ3) is 7.39. The Bertz CT molecular complexity index is 1120. The monoisotopic (exact) mass is 532 g/mol. The molecule has 6 nitrogen and oxygen atoms in total. The number of likely N-dealkylation sites (tertiary alicyclic amines) is 1. The molecule has 2 aliphatic heterocycles. The number of aromatic nitrogens is 2. The van der Waals surface area contributed by atoms with Crippen LogP contribution in [0, 0.1) is 5.92 Å². The molecule has 6 heteroatoms. The van der Waals surface area contributed by atoms with Crippen LogP contribution in [0.1, 0.15) is 133 Å². The largest absolute Gasteiger partial charge is 0.480 e. The van der Waals surface area contributed by atoms with Gasteiger partial charge in [0, 0.05) is 42.4 Å². The number of allylic oxidation sites excluding steroid dienone is 6. The lowest BCUT2D eigenvalue weighted by Gasteiger charge is -2.26. The van der Waals surface area contributed by atoms with Gasteiger partial charge in [-0.2, -0.15) is 0 Å². The van der Waals surface area contributed by atoms with E-state index < -0.39 is 12.0 Å². The van der Waals surface area contributed by atoms with Gasteiger partial charge in [-0.3, -0.25) is 9.69 Å². The first-order valence-corrected chi connectivity index (χ1v) is 15.5. The van der Waals surface area contributed by atoms with Crippen LogP contribution in [0.3, 0.4) is 0 Å². The average molecular weight is 533 g/mol. The molecule has 2 saturated carbocycles. The summed E-state index contributed by atoms with van der Waals surface area (Å²) >= 11 is 0. The molecule has 0 aromatic carbocycles. The second-order valence-electron chi connectivity index (χ2n) is 12.6. The van der Waals surface area contributed by atoms with Gasteiger partial charge in [0.25, 0.3) is 0 Å². The number of carboxylic acids is 1. The molecule has 3 heterocycles. The van der Waals surface area contributed by atoms with Crippen LogP contribution in [0.25, 0.3) is 0 Å². The zero-order valence-corrected chi connectivity index (χ0v) is 24.3. The van der Waals surface area contributed by atoms with Crippen molar-refractivity contribution >= 4 is 5.97 Å². The van der Waals surface area contributed by atoms with Crippen LogP contribution >= 0.6 is 0 Å². The van der Waals surface area contributed by atoms with Crippen LogP contribution in [0.4, 0.5) is 0 Å². The number of unbranched alkanes of at least 4 members (excludes halogenated alkanes) is 2. The average Bonchev–Trinajstić information content (AvgIpc) is 3.85. The van der Waals surface area contributed by atoms with Crippen molar-refractivity contribution in [2.45, 2.75) is 116 Å². The van der Waals surface area contributed by atoms with E-state index in [-0.39, 0.29) is 0 Å². The van der Waals surface area contributed by atoms with E-state index in [1.54, 1.807) is 0 Å². The molecule has 212 valence electrons. The van der Waals surface area contributed by atoms with Crippen LogP contribution in [0.2, 0.25) is 0 Å². The molecule has 2 aliphatic carbocycles. The van der Waals surface area contributed by atoms with Gasteiger partial charge >= 0.3 is 5.97 Å². The minimum Gasteiger partial charge on any atom is -0.480 e. The third-order valence-corrected chi connectivity index (χ3v) is 9.17. The van der Waals surface area contributed by atoms with Crippen molar-refractivity contribution in [2.75, 3.05) is 19.6 Å². The Labute approximate surface area is 235 Å². The summed E-state index contributed by atoms with van der Waals surface area (Å²) in [5, 5.41) is 13.7. The second-order valence-corrected chi connectivity index (χ2v) is 12.6. The highest BCUT2D eigenvalue weighted by Crippen LogP contribution is 2.45. The highest BCUT2D eigenvalue weighted by atomic mass is 16.4. The number of hydrogen-bond acceptors (Lipinski definition) is 5. The minimum absolute atomic E-state index is 0.432. The first kappa shape index (κ1) is 28.1. The van der Waals surface area contributed by atoms with Crippen molar-refractivity contribution in [3.63, 3.8) is 0 Å². The van der Waals surface area contributed by atoms with Crippen molar-refractivity contribution in [2.24, 2.45) is 5.92 Å². The molecule has 39 heavy (non-hydrogen) atoms. The zero-order valence-electron chi connectivity index (χ0n) is 24.3. The molecule has 2 unspecified atom stereocenters. The zero-order chi connectivity index (χ0) is 27.4. The quantitative estimate of drug-likeness (QED) is 0.207. The Morgan fingerprint density at radius 1 is 1.15 bits per heavy atom. The Kier molecular flexibility index (Phi) is 9.21. The fourth-order valence-electron chi connectivity index (χ4n) is 6.36. The SMILES string of the molecule is CC(C)=C(/C=C\C1=C(C)NCCC1)CCCCCC1CCN(C(C(=O)O)c2cnc(C3CC3)nc2C2CC2)C1.